The highest BCUT2D eigenvalue weighted by Crippen LogP contribution is 2.12. The van der Waals surface area contributed by atoms with Crippen LogP contribution in [0.1, 0.15) is 45.6 Å². The lowest BCUT2D eigenvalue weighted by atomic mass is 10.0. The third kappa shape index (κ3) is 5.56. The van der Waals surface area contributed by atoms with Gasteiger partial charge in [-0.3, -0.25) is 0 Å². The van der Waals surface area contributed by atoms with Crippen molar-refractivity contribution in [3.05, 3.63) is 34.9 Å². The van der Waals surface area contributed by atoms with Gasteiger partial charge < -0.3 is 5.32 Å². The van der Waals surface area contributed by atoms with Crippen LogP contribution in [-0.2, 0) is 6.42 Å². The Hall–Kier alpha value is -0.530. The predicted molar refractivity (Wildman–Crippen MR) is 76.7 cm³/mol. The van der Waals surface area contributed by atoms with Gasteiger partial charge in [0.15, 0.2) is 0 Å². The molecule has 0 heterocycles. The highest BCUT2D eigenvalue weighted by molar-refractivity contribution is 6.30. The minimum atomic E-state index is 0.521. The van der Waals surface area contributed by atoms with Crippen LogP contribution >= 0.6 is 11.6 Å². The van der Waals surface area contributed by atoms with E-state index in [4.69, 9.17) is 11.6 Å². The first kappa shape index (κ1) is 14.5. The fourth-order valence-electron chi connectivity index (χ4n) is 2.19. The Kier molecular flexibility index (Phi) is 6.61. The first-order chi connectivity index (χ1) is 8.15. The van der Waals surface area contributed by atoms with Gasteiger partial charge in [0.25, 0.3) is 0 Å². The zero-order valence-electron chi connectivity index (χ0n) is 11.2. The van der Waals surface area contributed by atoms with Gasteiger partial charge in [-0.15, -0.1) is 0 Å². The number of nitrogens with one attached hydrogen (secondary N) is 1. The number of hydrogen-bond donors (Lipinski definition) is 1. The van der Waals surface area contributed by atoms with Crippen molar-refractivity contribution in [2.75, 3.05) is 0 Å². The van der Waals surface area contributed by atoms with Crippen molar-refractivity contribution in [2.24, 2.45) is 0 Å². The first-order valence-corrected chi connectivity index (χ1v) is 7.04. The maximum absolute atomic E-state index is 5.88. The fourth-order valence-corrected chi connectivity index (χ4v) is 2.32. The van der Waals surface area contributed by atoms with Crippen LogP contribution in [0.5, 0.6) is 0 Å². The van der Waals surface area contributed by atoms with Crippen LogP contribution in [0.25, 0.3) is 0 Å². The van der Waals surface area contributed by atoms with Gasteiger partial charge in [0.05, 0.1) is 0 Å². The molecule has 2 heteroatoms. The molecular formula is C15H24ClN. The summed E-state index contributed by atoms with van der Waals surface area (Å²) in [5, 5.41) is 4.51. The van der Waals surface area contributed by atoms with Crippen molar-refractivity contribution in [3.63, 3.8) is 0 Å². The van der Waals surface area contributed by atoms with Crippen LogP contribution in [-0.4, -0.2) is 12.1 Å². The van der Waals surface area contributed by atoms with Crippen molar-refractivity contribution >= 4 is 11.6 Å². The molecule has 1 nitrogen and oxygen atoms in total. The summed E-state index contributed by atoms with van der Waals surface area (Å²) in [6, 6.07) is 9.33. The van der Waals surface area contributed by atoms with Gasteiger partial charge in [0.2, 0.25) is 0 Å². The van der Waals surface area contributed by atoms with E-state index in [1.54, 1.807) is 0 Å². The largest absolute Gasteiger partial charge is 0.311 e. The monoisotopic (exact) mass is 253 g/mol. The molecule has 0 spiro atoms. The Morgan fingerprint density at radius 3 is 2.35 bits per heavy atom. The number of hydrogen-bond acceptors (Lipinski definition) is 1. The predicted octanol–water partition coefficient (Wildman–Crippen LogP) is 4.44. The standard InChI is InChI=1S/C15H24ClN/c1-4-6-15(5-2)17-12(3)11-13-7-9-14(16)10-8-13/h7-10,12,15,17H,4-6,11H2,1-3H3. The Bertz CT molecular complexity index is 307. The van der Waals surface area contributed by atoms with E-state index in [1.165, 1.54) is 24.8 Å². The smallest absolute Gasteiger partial charge is 0.0406 e. The summed E-state index contributed by atoms with van der Waals surface area (Å²) < 4.78 is 0. The highest BCUT2D eigenvalue weighted by Gasteiger charge is 2.09. The van der Waals surface area contributed by atoms with E-state index in [1.807, 2.05) is 12.1 Å². The maximum atomic E-state index is 5.88. The zero-order valence-corrected chi connectivity index (χ0v) is 11.9. The second-order valence-electron chi connectivity index (χ2n) is 4.79. The highest BCUT2D eigenvalue weighted by atomic mass is 35.5. The summed E-state index contributed by atoms with van der Waals surface area (Å²) in [7, 11) is 0. The summed E-state index contributed by atoms with van der Waals surface area (Å²) in [6.45, 7) is 6.75. The van der Waals surface area contributed by atoms with Crippen molar-refractivity contribution in [1.29, 1.82) is 0 Å². The van der Waals surface area contributed by atoms with Crippen molar-refractivity contribution in [1.82, 2.24) is 5.32 Å². The molecule has 1 aromatic rings. The van der Waals surface area contributed by atoms with Gasteiger partial charge >= 0.3 is 0 Å². The van der Waals surface area contributed by atoms with Crippen LogP contribution in [0.2, 0.25) is 5.02 Å². The summed E-state index contributed by atoms with van der Waals surface area (Å²) >= 11 is 5.88. The average molecular weight is 254 g/mol. The maximum Gasteiger partial charge on any atom is 0.0406 e. The lowest BCUT2D eigenvalue weighted by Crippen LogP contribution is -2.37. The molecule has 0 amide bonds. The fraction of sp³-hybridized carbons (Fsp3) is 0.600. The van der Waals surface area contributed by atoms with Crippen molar-refractivity contribution in [3.8, 4) is 0 Å². The van der Waals surface area contributed by atoms with Crippen molar-refractivity contribution < 1.29 is 0 Å². The molecule has 0 aromatic heterocycles. The molecule has 0 aliphatic carbocycles. The number of rotatable bonds is 7. The van der Waals surface area contributed by atoms with Crippen LogP contribution in [0.15, 0.2) is 24.3 Å². The van der Waals surface area contributed by atoms with E-state index in [9.17, 15) is 0 Å². The Morgan fingerprint density at radius 2 is 1.82 bits per heavy atom. The van der Waals surface area contributed by atoms with Crippen LogP contribution in [0.4, 0.5) is 0 Å². The van der Waals surface area contributed by atoms with E-state index >= 15 is 0 Å². The van der Waals surface area contributed by atoms with Gasteiger partial charge in [-0.1, -0.05) is 44.0 Å². The molecule has 2 unspecified atom stereocenters. The van der Waals surface area contributed by atoms with E-state index in [2.05, 4.69) is 38.2 Å². The molecular weight excluding hydrogens is 230 g/mol. The van der Waals surface area contributed by atoms with E-state index in [0.29, 0.717) is 12.1 Å². The molecule has 2 atom stereocenters. The normalized spacial score (nSPS) is 14.6. The molecule has 1 aromatic carbocycles. The first-order valence-electron chi connectivity index (χ1n) is 6.66. The second-order valence-corrected chi connectivity index (χ2v) is 5.23. The quantitative estimate of drug-likeness (QED) is 0.758. The minimum absolute atomic E-state index is 0.521. The molecule has 0 saturated carbocycles. The summed E-state index contributed by atoms with van der Waals surface area (Å²) in [4.78, 5) is 0. The second kappa shape index (κ2) is 7.73. The van der Waals surface area contributed by atoms with Crippen LogP contribution in [0, 0.1) is 0 Å². The summed E-state index contributed by atoms with van der Waals surface area (Å²) in [6.07, 6.45) is 4.79. The zero-order chi connectivity index (χ0) is 12.7. The van der Waals surface area contributed by atoms with E-state index in [-0.39, 0.29) is 0 Å². The van der Waals surface area contributed by atoms with Gasteiger partial charge in [-0.2, -0.15) is 0 Å². The molecule has 0 bridgehead atoms. The molecule has 1 rings (SSSR count). The third-order valence-corrected chi connectivity index (χ3v) is 3.36. The number of halogens is 1. The van der Waals surface area contributed by atoms with E-state index < -0.39 is 0 Å². The average Bonchev–Trinajstić information content (AvgIpc) is 2.31. The molecule has 17 heavy (non-hydrogen) atoms. The lowest BCUT2D eigenvalue weighted by molar-refractivity contribution is 0.408. The van der Waals surface area contributed by atoms with E-state index in [0.717, 1.165) is 11.4 Å². The van der Waals surface area contributed by atoms with Gasteiger partial charge in [0, 0.05) is 17.1 Å². The summed E-state index contributed by atoms with van der Waals surface area (Å²) in [5.41, 5.74) is 1.35. The number of benzene rings is 1. The SMILES string of the molecule is CCCC(CC)NC(C)Cc1ccc(Cl)cc1. The van der Waals surface area contributed by atoms with Gasteiger partial charge in [0.1, 0.15) is 0 Å². The molecule has 0 aliphatic heterocycles. The lowest BCUT2D eigenvalue weighted by Gasteiger charge is -2.22. The van der Waals surface area contributed by atoms with Crippen molar-refractivity contribution in [2.45, 2.75) is 58.5 Å². The minimum Gasteiger partial charge on any atom is -0.311 e. The van der Waals surface area contributed by atoms with Crippen LogP contribution in [0.3, 0.4) is 0 Å². The molecule has 0 saturated heterocycles. The van der Waals surface area contributed by atoms with Gasteiger partial charge in [-0.05, 0) is 43.9 Å². The molecule has 0 aliphatic rings. The summed E-state index contributed by atoms with van der Waals surface area (Å²) in [5.74, 6) is 0. The van der Waals surface area contributed by atoms with Gasteiger partial charge in [-0.25, -0.2) is 0 Å². The Balaban J connectivity index is 2.42. The molecule has 1 N–H and O–H groups in total. The Labute approximate surface area is 111 Å². The third-order valence-electron chi connectivity index (χ3n) is 3.11. The topological polar surface area (TPSA) is 12.0 Å². The molecule has 0 fully saturated rings. The Morgan fingerprint density at radius 1 is 1.18 bits per heavy atom. The molecule has 0 radical (unpaired) electrons. The van der Waals surface area contributed by atoms with Crippen LogP contribution < -0.4 is 5.32 Å². The molecule has 96 valence electrons.